The molecule has 1 aromatic heterocycles. The lowest BCUT2D eigenvalue weighted by atomic mass is 9.97. The predicted octanol–water partition coefficient (Wildman–Crippen LogP) is 4.88. The highest BCUT2D eigenvalue weighted by molar-refractivity contribution is 7.90. The maximum atomic E-state index is 13.0. The van der Waals surface area contributed by atoms with E-state index in [4.69, 9.17) is 9.47 Å². The molecule has 43 heavy (non-hydrogen) atoms. The third-order valence-electron chi connectivity index (χ3n) is 7.16. The average Bonchev–Trinajstić information content (AvgIpc) is 2.99. The first-order valence-corrected chi connectivity index (χ1v) is 15.7. The monoisotopic (exact) mass is 653 g/mol. The van der Waals surface area contributed by atoms with Crippen LogP contribution in [0.1, 0.15) is 59.7 Å². The van der Waals surface area contributed by atoms with Gasteiger partial charge in [0.05, 0.1) is 30.1 Å². The van der Waals surface area contributed by atoms with Gasteiger partial charge in [0.25, 0.3) is 5.91 Å². The van der Waals surface area contributed by atoms with Gasteiger partial charge in [-0.2, -0.15) is 0 Å². The third-order valence-corrected chi connectivity index (χ3v) is 8.36. The SMILES string of the molecule is COCCS(=O)(=O)NC(=O)c1ccc(-c2ccc(CCNC[C@H](O)c3cccnc3)cc2)cc1OC1CCCCC1.Cl.Cl. The van der Waals surface area contributed by atoms with Gasteiger partial charge in [-0.25, -0.2) is 13.1 Å². The molecule has 0 saturated heterocycles. The molecule has 3 N–H and O–H groups in total. The Labute approximate surface area is 266 Å². The van der Waals surface area contributed by atoms with E-state index in [1.165, 1.54) is 7.11 Å². The quantitative estimate of drug-likeness (QED) is 0.210. The summed E-state index contributed by atoms with van der Waals surface area (Å²) in [5.74, 6) is -0.636. The third kappa shape index (κ3) is 11.4. The van der Waals surface area contributed by atoms with Crippen molar-refractivity contribution >= 4 is 40.7 Å². The molecule has 1 aliphatic carbocycles. The molecule has 1 fully saturated rings. The lowest BCUT2D eigenvalue weighted by Crippen LogP contribution is -2.34. The van der Waals surface area contributed by atoms with E-state index < -0.39 is 22.0 Å². The van der Waals surface area contributed by atoms with Crippen LogP contribution in [0.2, 0.25) is 0 Å². The molecule has 2 aromatic carbocycles. The number of nitrogens with zero attached hydrogens (tertiary/aromatic N) is 1. The van der Waals surface area contributed by atoms with Gasteiger partial charge in [0.2, 0.25) is 10.0 Å². The summed E-state index contributed by atoms with van der Waals surface area (Å²) in [5, 5.41) is 13.6. The van der Waals surface area contributed by atoms with Crippen molar-refractivity contribution in [3.05, 3.63) is 83.7 Å². The second kappa shape index (κ2) is 18.2. The lowest BCUT2D eigenvalue weighted by molar-refractivity contribution is 0.0969. The van der Waals surface area contributed by atoms with Crippen LogP contribution in [0.3, 0.4) is 0 Å². The van der Waals surface area contributed by atoms with Crippen LogP contribution in [0.5, 0.6) is 5.75 Å². The maximum Gasteiger partial charge on any atom is 0.268 e. The van der Waals surface area contributed by atoms with Crippen LogP contribution >= 0.6 is 24.8 Å². The summed E-state index contributed by atoms with van der Waals surface area (Å²) >= 11 is 0. The standard InChI is InChI=1S/C31H39N3O6S.2ClH/c1-39-18-19-41(37,38)34-31(36)28-14-13-25(20-30(28)40-27-7-3-2-4-8-27)24-11-9-23(10-12-24)15-17-33-22-29(35)26-6-5-16-32-21-26;;/h5-6,9-14,16,20-21,27,29,33,35H,2-4,7-8,15,17-19,22H2,1H3,(H,34,36);2*1H/t29-;;/m0../s1. The predicted molar refractivity (Wildman–Crippen MR) is 173 cm³/mol. The topological polar surface area (TPSA) is 127 Å². The minimum Gasteiger partial charge on any atom is -0.490 e. The summed E-state index contributed by atoms with van der Waals surface area (Å²) in [5.41, 5.74) is 3.96. The first-order valence-electron chi connectivity index (χ1n) is 14.1. The van der Waals surface area contributed by atoms with E-state index in [-0.39, 0.29) is 48.8 Å². The van der Waals surface area contributed by atoms with Crippen LogP contribution in [0.4, 0.5) is 0 Å². The van der Waals surface area contributed by atoms with Crippen molar-refractivity contribution in [3.8, 4) is 16.9 Å². The Balaban J connectivity index is 0.00000323. The molecule has 236 valence electrons. The fraction of sp³-hybridized carbons (Fsp3) is 0.419. The first-order chi connectivity index (χ1) is 19.8. The number of aliphatic hydroxyl groups excluding tert-OH is 1. The number of benzene rings is 2. The Morgan fingerprint density at radius 1 is 1.05 bits per heavy atom. The Morgan fingerprint density at radius 3 is 2.44 bits per heavy atom. The van der Waals surface area contributed by atoms with Gasteiger partial charge in [-0.1, -0.05) is 42.8 Å². The number of amides is 1. The average molecular weight is 655 g/mol. The molecule has 1 amide bonds. The second-order valence-corrected chi connectivity index (χ2v) is 12.1. The van der Waals surface area contributed by atoms with Crippen molar-refractivity contribution in [2.75, 3.05) is 32.6 Å². The summed E-state index contributed by atoms with van der Waals surface area (Å²) in [6, 6.07) is 17.1. The van der Waals surface area contributed by atoms with Gasteiger partial charge in [0, 0.05) is 31.6 Å². The number of carbonyl (C=O) groups excluding carboxylic acids is 1. The zero-order valence-corrected chi connectivity index (χ0v) is 26.7. The molecule has 0 radical (unpaired) electrons. The van der Waals surface area contributed by atoms with E-state index in [0.717, 1.165) is 60.8 Å². The molecule has 9 nitrogen and oxygen atoms in total. The molecule has 0 aliphatic heterocycles. The van der Waals surface area contributed by atoms with Crippen LogP contribution < -0.4 is 14.8 Å². The van der Waals surface area contributed by atoms with E-state index in [0.29, 0.717) is 18.8 Å². The van der Waals surface area contributed by atoms with Crippen LogP contribution in [0, 0.1) is 0 Å². The minimum atomic E-state index is -3.84. The summed E-state index contributed by atoms with van der Waals surface area (Å²) in [4.78, 5) is 17.0. The second-order valence-electron chi connectivity index (χ2n) is 10.3. The Kier molecular flexibility index (Phi) is 15.4. The van der Waals surface area contributed by atoms with E-state index in [2.05, 4.69) is 27.2 Å². The number of nitrogens with one attached hydrogen (secondary N) is 2. The van der Waals surface area contributed by atoms with Crippen molar-refractivity contribution in [1.82, 2.24) is 15.0 Å². The summed E-state index contributed by atoms with van der Waals surface area (Å²) < 4.78 is 37.9. The number of aliphatic hydroxyl groups is 1. The summed E-state index contributed by atoms with van der Waals surface area (Å²) in [6.07, 6.45) is 8.63. The highest BCUT2D eigenvalue weighted by Gasteiger charge is 2.23. The van der Waals surface area contributed by atoms with E-state index in [9.17, 15) is 18.3 Å². The van der Waals surface area contributed by atoms with Gasteiger partial charge in [-0.15, -0.1) is 24.8 Å². The number of methoxy groups -OCH3 is 1. The number of rotatable bonds is 14. The van der Waals surface area contributed by atoms with Crippen LogP contribution in [-0.4, -0.2) is 63.1 Å². The number of carbonyl (C=O) groups is 1. The van der Waals surface area contributed by atoms with Gasteiger partial charge < -0.3 is 19.9 Å². The molecule has 1 aliphatic rings. The van der Waals surface area contributed by atoms with Gasteiger partial charge in [0.15, 0.2) is 0 Å². The summed E-state index contributed by atoms with van der Waals surface area (Å²) in [7, 11) is -2.43. The molecule has 4 rings (SSSR count). The molecule has 12 heteroatoms. The fourth-order valence-electron chi connectivity index (χ4n) is 4.82. The number of sulfonamides is 1. The number of hydrogen-bond acceptors (Lipinski definition) is 8. The molecular formula is C31H41Cl2N3O6S. The number of pyridine rings is 1. The Bertz CT molecular complexity index is 1370. The molecule has 3 aromatic rings. The molecule has 1 atom stereocenters. The van der Waals surface area contributed by atoms with Crippen LogP contribution in [-0.2, 0) is 21.2 Å². The van der Waals surface area contributed by atoms with Crippen molar-refractivity contribution in [2.24, 2.45) is 0 Å². The largest absolute Gasteiger partial charge is 0.490 e. The molecule has 1 heterocycles. The number of aromatic nitrogens is 1. The highest BCUT2D eigenvalue weighted by atomic mass is 35.5. The van der Waals surface area contributed by atoms with Crippen molar-refractivity contribution in [1.29, 1.82) is 0 Å². The highest BCUT2D eigenvalue weighted by Crippen LogP contribution is 2.31. The Morgan fingerprint density at radius 2 is 1.77 bits per heavy atom. The molecular weight excluding hydrogens is 613 g/mol. The zero-order chi connectivity index (χ0) is 29.1. The molecule has 0 bridgehead atoms. The normalized spacial score (nSPS) is 14.2. The van der Waals surface area contributed by atoms with Gasteiger partial charge in [-0.05, 0) is 73.5 Å². The van der Waals surface area contributed by atoms with Crippen molar-refractivity contribution in [2.45, 2.75) is 50.7 Å². The Hall–Kier alpha value is -2.73. The van der Waals surface area contributed by atoms with E-state index in [1.807, 2.05) is 30.3 Å². The summed E-state index contributed by atoms with van der Waals surface area (Å²) in [6.45, 7) is 1.15. The lowest BCUT2D eigenvalue weighted by Gasteiger charge is -2.24. The number of halogens is 2. The maximum absolute atomic E-state index is 13.0. The van der Waals surface area contributed by atoms with Crippen molar-refractivity contribution in [3.63, 3.8) is 0 Å². The smallest absolute Gasteiger partial charge is 0.268 e. The molecule has 1 saturated carbocycles. The van der Waals surface area contributed by atoms with E-state index >= 15 is 0 Å². The molecule has 0 unspecified atom stereocenters. The number of ether oxygens (including phenoxy) is 2. The van der Waals surface area contributed by atoms with Crippen LogP contribution in [0.15, 0.2) is 67.0 Å². The van der Waals surface area contributed by atoms with Crippen LogP contribution in [0.25, 0.3) is 11.1 Å². The van der Waals surface area contributed by atoms with Gasteiger partial charge >= 0.3 is 0 Å². The van der Waals surface area contributed by atoms with Crippen molar-refractivity contribution < 1.29 is 27.8 Å². The molecule has 0 spiro atoms. The van der Waals surface area contributed by atoms with E-state index in [1.54, 1.807) is 24.5 Å². The first kappa shape index (κ1) is 36.5. The number of hydrogen-bond donors (Lipinski definition) is 3. The van der Waals surface area contributed by atoms with Gasteiger partial charge in [0.1, 0.15) is 5.75 Å². The minimum absolute atomic E-state index is 0. The van der Waals surface area contributed by atoms with Gasteiger partial charge in [-0.3, -0.25) is 9.78 Å². The zero-order valence-electron chi connectivity index (χ0n) is 24.2. The fourth-order valence-corrected chi connectivity index (χ4v) is 5.70.